The average Bonchev–Trinajstić information content (AvgIpc) is 2.67. The van der Waals surface area contributed by atoms with Crippen LogP contribution in [0.1, 0.15) is 23.6 Å². The van der Waals surface area contributed by atoms with Crippen molar-refractivity contribution >= 4 is 29.5 Å². The molecule has 0 radical (unpaired) electrons. The summed E-state index contributed by atoms with van der Waals surface area (Å²) in [5.74, 6) is -1.06. The van der Waals surface area contributed by atoms with Gasteiger partial charge >= 0.3 is 12.0 Å². The van der Waals surface area contributed by atoms with Crippen LogP contribution in [0.5, 0.6) is 0 Å². The van der Waals surface area contributed by atoms with Crippen LogP contribution < -0.4 is 16.4 Å². The molecule has 0 aliphatic rings. The number of ether oxygens (including phenoxy) is 1. The second-order valence-corrected chi connectivity index (χ2v) is 6.44. The average molecular weight is 404 g/mol. The minimum Gasteiger partial charge on any atom is -0.456 e. The maximum atomic E-state index is 12.1. The third kappa shape index (κ3) is 7.28. The highest BCUT2D eigenvalue weighted by molar-refractivity contribution is 6.31. The van der Waals surface area contributed by atoms with Crippen molar-refractivity contribution < 1.29 is 19.1 Å². The summed E-state index contributed by atoms with van der Waals surface area (Å²) >= 11 is 6.11. The van der Waals surface area contributed by atoms with Crippen molar-refractivity contribution in [3.63, 3.8) is 0 Å². The molecule has 0 aromatic heterocycles. The minimum atomic E-state index is -0.795. The largest absolute Gasteiger partial charge is 0.456 e. The molecular formula is C20H22ClN3O4. The number of nitrogens with one attached hydrogen (secondary N) is 2. The van der Waals surface area contributed by atoms with Gasteiger partial charge in [-0.05, 0) is 23.6 Å². The molecule has 2 aromatic rings. The van der Waals surface area contributed by atoms with Gasteiger partial charge in [0.25, 0.3) is 5.91 Å². The van der Waals surface area contributed by atoms with E-state index in [2.05, 4.69) is 10.6 Å². The normalized spacial score (nSPS) is 11.3. The van der Waals surface area contributed by atoms with Crippen molar-refractivity contribution in [3.05, 3.63) is 70.7 Å². The van der Waals surface area contributed by atoms with Crippen LogP contribution in [-0.2, 0) is 20.7 Å². The minimum absolute atomic E-state index is 0.204. The molecule has 0 unspecified atom stereocenters. The van der Waals surface area contributed by atoms with E-state index in [-0.39, 0.29) is 6.42 Å². The van der Waals surface area contributed by atoms with E-state index in [0.29, 0.717) is 23.6 Å². The molecule has 0 spiro atoms. The molecule has 28 heavy (non-hydrogen) atoms. The molecule has 4 N–H and O–H groups in total. The lowest BCUT2D eigenvalue weighted by atomic mass is 10.0. The monoisotopic (exact) mass is 403 g/mol. The van der Waals surface area contributed by atoms with E-state index in [9.17, 15) is 14.4 Å². The Hall–Kier alpha value is -3.06. The smallest absolute Gasteiger partial charge is 0.312 e. The summed E-state index contributed by atoms with van der Waals surface area (Å²) in [4.78, 5) is 35.1. The van der Waals surface area contributed by atoms with E-state index in [1.165, 1.54) is 0 Å². The number of rotatable bonds is 9. The maximum Gasteiger partial charge on any atom is 0.312 e. The van der Waals surface area contributed by atoms with Gasteiger partial charge in [0.05, 0.1) is 12.5 Å². The molecule has 0 fully saturated rings. The van der Waals surface area contributed by atoms with Crippen LogP contribution in [0.4, 0.5) is 4.79 Å². The topological polar surface area (TPSA) is 111 Å². The molecule has 0 aliphatic heterocycles. The Morgan fingerprint density at radius 1 is 1.04 bits per heavy atom. The summed E-state index contributed by atoms with van der Waals surface area (Å²) in [5.41, 5.74) is 6.80. The van der Waals surface area contributed by atoms with Gasteiger partial charge in [-0.2, -0.15) is 0 Å². The predicted octanol–water partition coefficient (Wildman–Crippen LogP) is 2.34. The quantitative estimate of drug-likeness (QED) is 0.558. The highest BCUT2D eigenvalue weighted by Gasteiger charge is 2.21. The first-order valence-corrected chi connectivity index (χ1v) is 9.10. The fourth-order valence-electron chi connectivity index (χ4n) is 2.58. The molecule has 0 bridgehead atoms. The molecule has 8 heteroatoms. The van der Waals surface area contributed by atoms with Gasteiger partial charge < -0.3 is 21.1 Å². The van der Waals surface area contributed by atoms with Crippen molar-refractivity contribution in [2.45, 2.75) is 18.9 Å². The molecule has 2 aromatic carbocycles. The molecule has 148 valence electrons. The summed E-state index contributed by atoms with van der Waals surface area (Å²) in [7, 11) is 0. The Labute approximate surface area is 168 Å². The number of hydrogen-bond acceptors (Lipinski definition) is 4. The van der Waals surface area contributed by atoms with E-state index in [1.807, 2.05) is 30.3 Å². The lowest BCUT2D eigenvalue weighted by molar-refractivity contribution is -0.149. The summed E-state index contributed by atoms with van der Waals surface area (Å²) in [6, 6.07) is 14.9. The zero-order chi connectivity index (χ0) is 20.4. The third-order valence-electron chi connectivity index (χ3n) is 3.91. The number of benzene rings is 2. The number of amides is 3. The van der Waals surface area contributed by atoms with Crippen molar-refractivity contribution in [2.75, 3.05) is 13.2 Å². The lowest BCUT2D eigenvalue weighted by Gasteiger charge is -2.18. The fraction of sp³-hybridized carbons (Fsp3) is 0.250. The summed E-state index contributed by atoms with van der Waals surface area (Å²) in [6.45, 7) is 0.0330. The number of nitrogens with two attached hydrogens (primary N) is 1. The highest BCUT2D eigenvalue weighted by Crippen LogP contribution is 2.25. The number of halogens is 1. The van der Waals surface area contributed by atoms with Crippen LogP contribution >= 0.6 is 11.6 Å². The summed E-state index contributed by atoms with van der Waals surface area (Å²) in [6.07, 6.45) is 0.474. The first-order chi connectivity index (χ1) is 13.5. The van der Waals surface area contributed by atoms with E-state index in [0.717, 1.165) is 5.56 Å². The number of hydrogen-bond donors (Lipinski definition) is 3. The van der Waals surface area contributed by atoms with Crippen LogP contribution in [0, 0.1) is 0 Å². The van der Waals surface area contributed by atoms with E-state index < -0.39 is 30.6 Å². The molecule has 0 saturated heterocycles. The molecule has 0 saturated carbocycles. The first kappa shape index (κ1) is 21.2. The number of esters is 1. The third-order valence-corrected chi connectivity index (χ3v) is 4.26. The zero-order valence-corrected chi connectivity index (χ0v) is 15.9. The molecule has 0 heterocycles. The Morgan fingerprint density at radius 2 is 1.71 bits per heavy atom. The Kier molecular flexibility index (Phi) is 8.30. The SMILES string of the molecule is NC(=O)N[C@@H](CC(=O)OCC(=O)NCCc1ccccc1)c1ccccc1Cl. The van der Waals surface area contributed by atoms with E-state index in [1.54, 1.807) is 24.3 Å². The molecule has 3 amide bonds. The van der Waals surface area contributed by atoms with Crippen LogP contribution in [0.2, 0.25) is 5.02 Å². The lowest BCUT2D eigenvalue weighted by Crippen LogP contribution is -2.35. The highest BCUT2D eigenvalue weighted by atomic mass is 35.5. The fourth-order valence-corrected chi connectivity index (χ4v) is 2.85. The van der Waals surface area contributed by atoms with Crippen LogP contribution in [-0.4, -0.2) is 31.1 Å². The van der Waals surface area contributed by atoms with Crippen molar-refractivity contribution in [3.8, 4) is 0 Å². The Morgan fingerprint density at radius 3 is 2.39 bits per heavy atom. The molecule has 7 nitrogen and oxygen atoms in total. The Balaban J connectivity index is 1.79. The molecular weight excluding hydrogens is 382 g/mol. The van der Waals surface area contributed by atoms with E-state index >= 15 is 0 Å². The van der Waals surface area contributed by atoms with Crippen LogP contribution in [0.3, 0.4) is 0 Å². The van der Waals surface area contributed by atoms with Gasteiger partial charge in [-0.25, -0.2) is 4.79 Å². The van der Waals surface area contributed by atoms with Gasteiger partial charge in [0, 0.05) is 11.6 Å². The predicted molar refractivity (Wildman–Crippen MR) is 106 cm³/mol. The van der Waals surface area contributed by atoms with Gasteiger partial charge in [-0.3, -0.25) is 9.59 Å². The molecule has 2 rings (SSSR count). The van der Waals surface area contributed by atoms with Crippen LogP contribution in [0.15, 0.2) is 54.6 Å². The van der Waals surface area contributed by atoms with Crippen LogP contribution in [0.25, 0.3) is 0 Å². The van der Waals surface area contributed by atoms with Gasteiger partial charge in [0.1, 0.15) is 0 Å². The number of carbonyl (C=O) groups is 3. The maximum absolute atomic E-state index is 12.1. The van der Waals surface area contributed by atoms with Gasteiger partial charge in [0.15, 0.2) is 6.61 Å². The van der Waals surface area contributed by atoms with Gasteiger partial charge in [-0.1, -0.05) is 60.1 Å². The van der Waals surface area contributed by atoms with Crippen molar-refractivity contribution in [1.82, 2.24) is 10.6 Å². The second-order valence-electron chi connectivity index (χ2n) is 6.03. The first-order valence-electron chi connectivity index (χ1n) is 8.72. The Bertz CT molecular complexity index is 814. The van der Waals surface area contributed by atoms with Gasteiger partial charge in [-0.15, -0.1) is 0 Å². The van der Waals surface area contributed by atoms with Gasteiger partial charge in [0.2, 0.25) is 0 Å². The zero-order valence-electron chi connectivity index (χ0n) is 15.2. The van der Waals surface area contributed by atoms with Crippen molar-refractivity contribution in [2.24, 2.45) is 5.73 Å². The molecule has 0 aliphatic carbocycles. The van der Waals surface area contributed by atoms with Crippen molar-refractivity contribution in [1.29, 1.82) is 0 Å². The summed E-state index contributed by atoms with van der Waals surface area (Å²) < 4.78 is 4.99. The number of primary amides is 1. The molecule has 1 atom stereocenters. The number of urea groups is 1. The summed E-state index contributed by atoms with van der Waals surface area (Å²) in [5, 5.41) is 5.53. The number of carbonyl (C=O) groups excluding carboxylic acids is 3. The standard InChI is InChI=1S/C20H22ClN3O4/c21-16-9-5-4-8-15(16)17(24-20(22)27)12-19(26)28-13-18(25)23-11-10-14-6-2-1-3-7-14/h1-9,17H,10-13H2,(H,23,25)(H3,22,24,27)/t17-/m0/s1. The second kappa shape index (κ2) is 10.9. The van der Waals surface area contributed by atoms with E-state index in [4.69, 9.17) is 22.1 Å².